The van der Waals surface area contributed by atoms with Crippen molar-refractivity contribution in [3.05, 3.63) is 22.7 Å². The van der Waals surface area contributed by atoms with E-state index >= 15 is 0 Å². The molecule has 3 nitrogen and oxygen atoms in total. The van der Waals surface area contributed by atoms with Crippen LogP contribution in [-0.2, 0) is 0 Å². The van der Waals surface area contributed by atoms with Gasteiger partial charge in [-0.3, -0.25) is 0 Å². The van der Waals surface area contributed by atoms with E-state index in [-0.39, 0.29) is 0 Å². The average Bonchev–Trinajstić information content (AvgIpc) is 2.67. The Labute approximate surface area is 130 Å². The van der Waals surface area contributed by atoms with Gasteiger partial charge in [-0.25, -0.2) is 0 Å². The molecule has 1 N–H and O–H groups in total. The maximum absolute atomic E-state index is 5.35. The number of nitrogens with zero attached hydrogens (tertiary/aromatic N) is 1. The molecule has 0 aromatic heterocycles. The van der Waals surface area contributed by atoms with E-state index in [4.69, 9.17) is 4.74 Å². The first-order valence-corrected chi connectivity index (χ1v) is 8.34. The van der Waals surface area contributed by atoms with Crippen LogP contribution < -0.4 is 10.1 Å². The average molecular weight is 341 g/mol. The molecule has 1 heterocycles. The summed E-state index contributed by atoms with van der Waals surface area (Å²) >= 11 is 3.49. The van der Waals surface area contributed by atoms with Gasteiger partial charge in [-0.15, -0.1) is 0 Å². The predicted octanol–water partition coefficient (Wildman–Crippen LogP) is 4.13. The van der Waals surface area contributed by atoms with Crippen LogP contribution in [0, 0.1) is 0 Å². The molecule has 1 fully saturated rings. The zero-order chi connectivity index (χ0) is 14.4. The Morgan fingerprint density at radius 3 is 2.95 bits per heavy atom. The number of nitrogens with one attached hydrogen (secondary N) is 1. The first-order valence-electron chi connectivity index (χ1n) is 7.55. The Balaban J connectivity index is 1.93. The Bertz CT molecular complexity index is 425. The third-order valence-corrected chi connectivity index (χ3v) is 4.54. The second-order valence-electron chi connectivity index (χ2n) is 5.46. The third-order valence-electron chi connectivity index (χ3n) is 3.88. The van der Waals surface area contributed by atoms with Crippen LogP contribution in [0.25, 0.3) is 0 Å². The van der Waals surface area contributed by atoms with E-state index in [1.165, 1.54) is 45.3 Å². The molecule has 0 spiro atoms. The minimum atomic E-state index is 0.572. The molecule has 1 aromatic rings. The number of hydrogen-bond donors (Lipinski definition) is 1. The Morgan fingerprint density at radius 2 is 2.20 bits per heavy atom. The van der Waals surface area contributed by atoms with Crippen molar-refractivity contribution in [2.45, 2.75) is 38.6 Å². The highest BCUT2D eigenvalue weighted by molar-refractivity contribution is 9.10. The lowest BCUT2D eigenvalue weighted by molar-refractivity contribution is 0.285. The highest BCUT2D eigenvalue weighted by atomic mass is 79.9. The summed E-state index contributed by atoms with van der Waals surface area (Å²) in [6, 6.07) is 6.80. The first-order chi connectivity index (χ1) is 9.72. The number of ether oxygens (including phenoxy) is 1. The standard InChI is InChI=1S/C16H25BrN2O/c1-3-9-19-10-4-5-13(8-11-19)18-14-6-7-15(17)16(12-14)20-2/h6-7,12-13,18H,3-5,8-11H2,1-2H3. The van der Waals surface area contributed by atoms with Gasteiger partial charge in [0.25, 0.3) is 0 Å². The summed E-state index contributed by atoms with van der Waals surface area (Å²) in [6.45, 7) is 5.95. The quantitative estimate of drug-likeness (QED) is 0.871. The fraction of sp³-hybridized carbons (Fsp3) is 0.625. The van der Waals surface area contributed by atoms with Crippen molar-refractivity contribution < 1.29 is 4.74 Å². The summed E-state index contributed by atoms with van der Waals surface area (Å²) in [5, 5.41) is 3.66. The molecule has 0 amide bonds. The van der Waals surface area contributed by atoms with Gasteiger partial charge >= 0.3 is 0 Å². The van der Waals surface area contributed by atoms with Gasteiger partial charge in [0.15, 0.2) is 0 Å². The molecule has 1 saturated heterocycles. The number of methoxy groups -OCH3 is 1. The zero-order valence-corrected chi connectivity index (χ0v) is 14.1. The van der Waals surface area contributed by atoms with E-state index in [9.17, 15) is 0 Å². The van der Waals surface area contributed by atoms with E-state index in [2.05, 4.69) is 45.2 Å². The van der Waals surface area contributed by atoms with Gasteiger partial charge in [0.1, 0.15) is 5.75 Å². The smallest absolute Gasteiger partial charge is 0.135 e. The van der Waals surface area contributed by atoms with Crippen molar-refractivity contribution in [1.82, 2.24) is 4.90 Å². The van der Waals surface area contributed by atoms with Crippen LogP contribution in [0.1, 0.15) is 32.6 Å². The van der Waals surface area contributed by atoms with Crippen LogP contribution in [0.15, 0.2) is 22.7 Å². The van der Waals surface area contributed by atoms with Gasteiger partial charge < -0.3 is 15.0 Å². The molecule has 1 aromatic carbocycles. The third kappa shape index (κ3) is 4.38. The molecular weight excluding hydrogens is 316 g/mol. The van der Waals surface area contributed by atoms with Gasteiger partial charge in [-0.2, -0.15) is 0 Å². The lowest BCUT2D eigenvalue weighted by Gasteiger charge is -2.20. The largest absolute Gasteiger partial charge is 0.495 e. The van der Waals surface area contributed by atoms with E-state index in [0.717, 1.165) is 15.9 Å². The summed E-state index contributed by atoms with van der Waals surface area (Å²) in [5.41, 5.74) is 1.15. The lowest BCUT2D eigenvalue weighted by Crippen LogP contribution is -2.27. The monoisotopic (exact) mass is 340 g/mol. The van der Waals surface area contributed by atoms with E-state index in [0.29, 0.717) is 6.04 Å². The van der Waals surface area contributed by atoms with Crippen molar-refractivity contribution in [2.75, 3.05) is 32.1 Å². The SMILES string of the molecule is CCCN1CCCC(Nc2ccc(Br)c(OC)c2)CC1. The molecule has 0 bridgehead atoms. The van der Waals surface area contributed by atoms with E-state index < -0.39 is 0 Å². The number of halogens is 1. The van der Waals surface area contributed by atoms with Gasteiger partial charge in [0.05, 0.1) is 11.6 Å². The molecule has 2 rings (SSSR count). The molecule has 0 radical (unpaired) electrons. The molecule has 1 unspecified atom stereocenters. The Hall–Kier alpha value is -0.740. The van der Waals surface area contributed by atoms with Crippen LogP contribution in [0.3, 0.4) is 0 Å². The van der Waals surface area contributed by atoms with Crippen molar-refractivity contribution in [2.24, 2.45) is 0 Å². The fourth-order valence-electron chi connectivity index (χ4n) is 2.83. The Morgan fingerprint density at radius 1 is 1.35 bits per heavy atom. The molecular formula is C16H25BrN2O. The molecule has 4 heteroatoms. The molecule has 1 aliphatic heterocycles. The second kappa shape index (κ2) is 7.89. The van der Waals surface area contributed by atoms with Crippen LogP contribution in [0.5, 0.6) is 5.75 Å². The van der Waals surface area contributed by atoms with Crippen LogP contribution in [0.4, 0.5) is 5.69 Å². The van der Waals surface area contributed by atoms with Gasteiger partial charge in [-0.1, -0.05) is 6.92 Å². The highest BCUT2D eigenvalue weighted by Gasteiger charge is 2.16. The summed E-state index contributed by atoms with van der Waals surface area (Å²) in [7, 11) is 1.71. The molecule has 112 valence electrons. The summed E-state index contributed by atoms with van der Waals surface area (Å²) < 4.78 is 6.35. The minimum absolute atomic E-state index is 0.572. The number of rotatable bonds is 5. The van der Waals surface area contributed by atoms with Crippen molar-refractivity contribution >= 4 is 21.6 Å². The summed E-state index contributed by atoms with van der Waals surface area (Å²) in [5.74, 6) is 0.885. The maximum atomic E-state index is 5.35. The predicted molar refractivity (Wildman–Crippen MR) is 88.7 cm³/mol. The van der Waals surface area contributed by atoms with Crippen molar-refractivity contribution in [1.29, 1.82) is 0 Å². The minimum Gasteiger partial charge on any atom is -0.495 e. The molecule has 1 atom stereocenters. The van der Waals surface area contributed by atoms with E-state index in [1.54, 1.807) is 7.11 Å². The highest BCUT2D eigenvalue weighted by Crippen LogP contribution is 2.29. The fourth-order valence-corrected chi connectivity index (χ4v) is 3.23. The number of hydrogen-bond acceptors (Lipinski definition) is 3. The first kappa shape index (κ1) is 15.6. The maximum Gasteiger partial charge on any atom is 0.135 e. The summed E-state index contributed by atoms with van der Waals surface area (Å²) in [4.78, 5) is 2.59. The topological polar surface area (TPSA) is 24.5 Å². The number of likely N-dealkylation sites (tertiary alicyclic amines) is 1. The second-order valence-corrected chi connectivity index (χ2v) is 6.32. The van der Waals surface area contributed by atoms with Gasteiger partial charge in [0.2, 0.25) is 0 Å². The zero-order valence-electron chi connectivity index (χ0n) is 12.5. The van der Waals surface area contributed by atoms with Gasteiger partial charge in [-0.05, 0) is 66.8 Å². The Kier molecular flexibility index (Phi) is 6.17. The molecule has 0 aliphatic carbocycles. The van der Waals surface area contributed by atoms with E-state index in [1.807, 2.05) is 6.07 Å². The summed E-state index contributed by atoms with van der Waals surface area (Å²) in [6.07, 6.45) is 5.00. The molecule has 0 saturated carbocycles. The van der Waals surface area contributed by atoms with Crippen molar-refractivity contribution in [3.8, 4) is 5.75 Å². The van der Waals surface area contributed by atoms with Crippen LogP contribution >= 0.6 is 15.9 Å². The van der Waals surface area contributed by atoms with Crippen LogP contribution in [-0.4, -0.2) is 37.7 Å². The van der Waals surface area contributed by atoms with Crippen molar-refractivity contribution in [3.63, 3.8) is 0 Å². The number of anilines is 1. The molecule has 20 heavy (non-hydrogen) atoms. The van der Waals surface area contributed by atoms with Crippen LogP contribution in [0.2, 0.25) is 0 Å². The number of benzene rings is 1. The molecule has 1 aliphatic rings. The lowest BCUT2D eigenvalue weighted by atomic mass is 10.1. The van der Waals surface area contributed by atoms with Gasteiger partial charge in [0, 0.05) is 24.3 Å². The normalized spacial score (nSPS) is 20.4.